The van der Waals surface area contributed by atoms with E-state index >= 15 is 0 Å². The molecule has 1 aliphatic heterocycles. The summed E-state index contributed by atoms with van der Waals surface area (Å²) in [5.74, 6) is 0.757. The largest absolute Gasteiger partial charge is 0.453 e. The minimum absolute atomic E-state index is 0.0259. The number of para-hydroxylation sites is 1. The van der Waals surface area contributed by atoms with Gasteiger partial charge in [0.05, 0.1) is 10.5 Å². The zero-order valence-electron chi connectivity index (χ0n) is 15.0. The van der Waals surface area contributed by atoms with Gasteiger partial charge in [0, 0.05) is 18.4 Å². The van der Waals surface area contributed by atoms with Crippen molar-refractivity contribution >= 4 is 27.4 Å². The van der Waals surface area contributed by atoms with Gasteiger partial charge < -0.3 is 4.74 Å². The molecular formula is C20H17N3O4S. The highest BCUT2D eigenvalue weighted by atomic mass is 32.2. The van der Waals surface area contributed by atoms with Crippen molar-refractivity contribution < 1.29 is 17.9 Å². The lowest BCUT2D eigenvalue weighted by molar-refractivity contribution is 0.0987. The highest BCUT2D eigenvalue weighted by Gasteiger charge is 2.29. The number of benzene rings is 2. The first-order valence-electron chi connectivity index (χ1n) is 8.66. The van der Waals surface area contributed by atoms with Crippen LogP contribution in [0, 0.1) is 0 Å². The number of sulfonamides is 1. The lowest BCUT2D eigenvalue weighted by Crippen LogP contribution is -2.30. The summed E-state index contributed by atoms with van der Waals surface area (Å²) < 4.78 is 33.9. The number of aromatic nitrogens is 1. The molecule has 0 aliphatic carbocycles. The van der Waals surface area contributed by atoms with Crippen LogP contribution in [0.2, 0.25) is 0 Å². The number of hydrogen-bond donors (Lipinski definition) is 1. The maximum Gasteiger partial charge on any atom is 0.263 e. The maximum atomic E-state index is 13.1. The van der Waals surface area contributed by atoms with Crippen molar-refractivity contribution in [2.75, 3.05) is 16.2 Å². The second-order valence-electron chi connectivity index (χ2n) is 6.11. The Morgan fingerprint density at radius 3 is 2.57 bits per heavy atom. The third kappa shape index (κ3) is 3.18. The smallest absolute Gasteiger partial charge is 0.263 e. The molecule has 0 unspecified atom stereocenters. The highest BCUT2D eigenvalue weighted by Crippen LogP contribution is 2.38. The van der Waals surface area contributed by atoms with Crippen LogP contribution >= 0.6 is 0 Å². The average Bonchev–Trinajstić information content (AvgIpc) is 2.81. The Hall–Kier alpha value is -3.39. The fourth-order valence-electron chi connectivity index (χ4n) is 2.97. The number of nitrogens with one attached hydrogen (secondary N) is 1. The summed E-state index contributed by atoms with van der Waals surface area (Å²) in [6.07, 6.45) is 1.58. The molecule has 7 nitrogen and oxygen atoms in total. The predicted molar refractivity (Wildman–Crippen MR) is 105 cm³/mol. The van der Waals surface area contributed by atoms with Crippen LogP contribution in [-0.2, 0) is 10.0 Å². The van der Waals surface area contributed by atoms with Crippen molar-refractivity contribution in [2.24, 2.45) is 0 Å². The molecule has 0 radical (unpaired) electrons. The van der Waals surface area contributed by atoms with Gasteiger partial charge in [0.25, 0.3) is 15.9 Å². The van der Waals surface area contributed by atoms with E-state index in [4.69, 9.17) is 4.74 Å². The number of carbonyl (C=O) groups is 1. The van der Waals surface area contributed by atoms with E-state index in [2.05, 4.69) is 9.71 Å². The monoisotopic (exact) mass is 395 g/mol. The molecule has 0 saturated carbocycles. The number of ether oxygens (including phenoxy) is 1. The standard InChI is InChI=1S/C20H17N3O4S/c1-2-23-19-18(9-6-12-21-19)27-17-11-10-15(13-16(17)20(23)24)28(25,26)22-14-7-4-3-5-8-14/h3-13,22H,2H2,1H3. The van der Waals surface area contributed by atoms with Crippen molar-refractivity contribution in [1.29, 1.82) is 0 Å². The van der Waals surface area contributed by atoms with Crippen molar-refractivity contribution in [3.05, 3.63) is 72.4 Å². The number of carbonyl (C=O) groups excluding carboxylic acids is 1. The van der Waals surface area contributed by atoms with Crippen LogP contribution in [0.4, 0.5) is 11.5 Å². The summed E-state index contributed by atoms with van der Waals surface area (Å²) in [4.78, 5) is 18.7. The van der Waals surface area contributed by atoms with Crippen molar-refractivity contribution in [3.63, 3.8) is 0 Å². The number of nitrogens with zero attached hydrogens (tertiary/aromatic N) is 2. The minimum atomic E-state index is -3.87. The molecule has 0 fully saturated rings. The zero-order valence-corrected chi connectivity index (χ0v) is 15.8. The molecule has 0 bridgehead atoms. The lowest BCUT2D eigenvalue weighted by atomic mass is 10.2. The molecule has 0 saturated heterocycles. The van der Waals surface area contributed by atoms with Crippen molar-refractivity contribution in [3.8, 4) is 11.5 Å². The van der Waals surface area contributed by atoms with E-state index in [9.17, 15) is 13.2 Å². The average molecular weight is 395 g/mol. The molecule has 3 aromatic rings. The molecular weight excluding hydrogens is 378 g/mol. The van der Waals surface area contributed by atoms with Crippen LogP contribution in [-0.4, -0.2) is 25.9 Å². The Kier molecular flexibility index (Phi) is 4.48. The summed E-state index contributed by atoms with van der Waals surface area (Å²) in [5.41, 5.74) is 0.600. The van der Waals surface area contributed by atoms with Crippen LogP contribution in [0.3, 0.4) is 0 Å². The molecule has 2 heterocycles. The van der Waals surface area contributed by atoms with E-state index in [-0.39, 0.29) is 22.1 Å². The van der Waals surface area contributed by atoms with E-state index in [1.165, 1.54) is 23.1 Å². The lowest BCUT2D eigenvalue weighted by Gasteiger charge is -2.18. The van der Waals surface area contributed by atoms with Crippen LogP contribution in [0.25, 0.3) is 0 Å². The van der Waals surface area contributed by atoms with Gasteiger partial charge in [0.15, 0.2) is 11.6 Å². The number of hydrogen-bond acceptors (Lipinski definition) is 5. The Bertz CT molecular complexity index is 1150. The molecule has 28 heavy (non-hydrogen) atoms. The van der Waals surface area contributed by atoms with Gasteiger partial charge in [0.1, 0.15) is 5.75 Å². The summed E-state index contributed by atoms with van der Waals surface area (Å²) in [6, 6.07) is 16.2. The van der Waals surface area contributed by atoms with Crippen LogP contribution in [0.15, 0.2) is 71.8 Å². The molecule has 1 aliphatic rings. The van der Waals surface area contributed by atoms with Gasteiger partial charge in [-0.3, -0.25) is 14.4 Å². The van der Waals surface area contributed by atoms with E-state index in [0.29, 0.717) is 23.8 Å². The zero-order chi connectivity index (χ0) is 19.7. The number of pyridine rings is 1. The molecule has 2 aromatic carbocycles. The van der Waals surface area contributed by atoms with Crippen LogP contribution in [0.1, 0.15) is 17.3 Å². The first-order chi connectivity index (χ1) is 13.5. The topological polar surface area (TPSA) is 88.6 Å². The molecule has 142 valence electrons. The molecule has 4 rings (SSSR count). The Morgan fingerprint density at radius 2 is 1.82 bits per heavy atom. The number of amides is 1. The molecule has 0 atom stereocenters. The molecule has 1 aromatic heterocycles. The first kappa shape index (κ1) is 18.0. The van der Waals surface area contributed by atoms with Gasteiger partial charge in [-0.25, -0.2) is 13.4 Å². The maximum absolute atomic E-state index is 13.1. The fourth-order valence-corrected chi connectivity index (χ4v) is 4.06. The second kappa shape index (κ2) is 6.97. The summed E-state index contributed by atoms with van der Waals surface area (Å²) >= 11 is 0. The molecule has 1 N–H and O–H groups in total. The van der Waals surface area contributed by atoms with Gasteiger partial charge in [-0.1, -0.05) is 18.2 Å². The first-order valence-corrected chi connectivity index (χ1v) is 10.1. The third-order valence-corrected chi connectivity index (χ3v) is 5.68. The number of fused-ring (bicyclic) bond motifs is 2. The summed E-state index contributed by atoms with van der Waals surface area (Å²) in [7, 11) is -3.87. The molecule has 0 spiro atoms. The SMILES string of the molecule is CCN1C(=O)c2cc(S(=O)(=O)Nc3ccccc3)ccc2Oc2cccnc21. The summed E-state index contributed by atoms with van der Waals surface area (Å²) in [6.45, 7) is 2.18. The second-order valence-corrected chi connectivity index (χ2v) is 7.79. The third-order valence-electron chi connectivity index (χ3n) is 4.31. The van der Waals surface area contributed by atoms with Gasteiger partial charge in [-0.15, -0.1) is 0 Å². The van der Waals surface area contributed by atoms with Gasteiger partial charge >= 0.3 is 0 Å². The van der Waals surface area contributed by atoms with Gasteiger partial charge in [-0.05, 0) is 49.4 Å². The molecule has 1 amide bonds. The minimum Gasteiger partial charge on any atom is -0.453 e. The Morgan fingerprint density at radius 1 is 1.04 bits per heavy atom. The van der Waals surface area contributed by atoms with E-state index in [0.717, 1.165) is 0 Å². The normalized spacial score (nSPS) is 13.2. The number of rotatable bonds is 4. The quantitative estimate of drug-likeness (QED) is 0.728. The predicted octanol–water partition coefficient (Wildman–Crippen LogP) is 3.65. The van der Waals surface area contributed by atoms with Gasteiger partial charge in [-0.2, -0.15) is 0 Å². The fraction of sp³-hybridized carbons (Fsp3) is 0.100. The van der Waals surface area contributed by atoms with E-state index in [1.54, 1.807) is 48.7 Å². The van der Waals surface area contributed by atoms with E-state index < -0.39 is 10.0 Å². The van der Waals surface area contributed by atoms with Crippen LogP contribution < -0.4 is 14.4 Å². The van der Waals surface area contributed by atoms with Crippen molar-refractivity contribution in [1.82, 2.24) is 4.98 Å². The molecule has 8 heteroatoms. The van der Waals surface area contributed by atoms with E-state index in [1.807, 2.05) is 6.92 Å². The van der Waals surface area contributed by atoms with Crippen LogP contribution in [0.5, 0.6) is 11.5 Å². The Balaban J connectivity index is 1.77. The van der Waals surface area contributed by atoms with Crippen molar-refractivity contribution in [2.45, 2.75) is 11.8 Å². The van der Waals surface area contributed by atoms with Gasteiger partial charge in [0.2, 0.25) is 0 Å². The summed E-state index contributed by atoms with van der Waals surface area (Å²) in [5, 5.41) is 0. The Labute approximate surface area is 162 Å². The number of anilines is 2. The highest BCUT2D eigenvalue weighted by molar-refractivity contribution is 7.92.